The fraction of sp³-hybridized carbons (Fsp3) is 0.667. The van der Waals surface area contributed by atoms with Crippen molar-refractivity contribution >= 4 is 5.82 Å². The summed E-state index contributed by atoms with van der Waals surface area (Å²) in [5.41, 5.74) is 1.74. The van der Waals surface area contributed by atoms with Crippen molar-refractivity contribution in [1.82, 2.24) is 10.3 Å². The van der Waals surface area contributed by atoms with Crippen LogP contribution in [0.15, 0.2) is 18.3 Å². The van der Waals surface area contributed by atoms with Crippen molar-refractivity contribution in [2.45, 2.75) is 40.2 Å². The first kappa shape index (κ1) is 13.3. The molecule has 18 heavy (non-hydrogen) atoms. The molecule has 2 rings (SSSR count). The lowest BCUT2D eigenvalue weighted by atomic mass is 9.84. The predicted octanol–water partition coefficient (Wildman–Crippen LogP) is 2.82. The number of anilines is 1. The van der Waals surface area contributed by atoms with Crippen LogP contribution < -0.4 is 10.2 Å². The van der Waals surface area contributed by atoms with Crippen molar-refractivity contribution < 1.29 is 0 Å². The van der Waals surface area contributed by atoms with E-state index in [0.29, 0.717) is 5.41 Å². The van der Waals surface area contributed by atoms with Crippen LogP contribution >= 0.6 is 0 Å². The van der Waals surface area contributed by atoms with Gasteiger partial charge in [0.05, 0.1) is 0 Å². The van der Waals surface area contributed by atoms with Gasteiger partial charge in [-0.05, 0) is 42.5 Å². The van der Waals surface area contributed by atoms with E-state index in [1.165, 1.54) is 18.4 Å². The molecule has 0 amide bonds. The van der Waals surface area contributed by atoms with Gasteiger partial charge in [-0.15, -0.1) is 0 Å². The molecule has 0 unspecified atom stereocenters. The first-order valence-electron chi connectivity index (χ1n) is 7.01. The Morgan fingerprint density at radius 2 is 2.28 bits per heavy atom. The zero-order valence-electron chi connectivity index (χ0n) is 11.9. The zero-order valence-corrected chi connectivity index (χ0v) is 11.9. The van der Waals surface area contributed by atoms with Crippen LogP contribution in [0, 0.1) is 5.41 Å². The lowest BCUT2D eigenvalue weighted by Gasteiger charge is -2.38. The topological polar surface area (TPSA) is 28.2 Å². The van der Waals surface area contributed by atoms with Crippen molar-refractivity contribution in [3.8, 4) is 0 Å². The standard InChI is InChI=1S/C15H25N3/c1-4-16-11-13-6-8-17-14(10-13)18-9-5-7-15(2,3)12-18/h6,8,10,16H,4-5,7,9,11-12H2,1-3H3. The van der Waals surface area contributed by atoms with Crippen LogP contribution in [0.3, 0.4) is 0 Å². The van der Waals surface area contributed by atoms with Crippen LogP contribution in [0.2, 0.25) is 0 Å². The molecule has 2 heterocycles. The Hall–Kier alpha value is -1.09. The molecule has 1 saturated heterocycles. The lowest BCUT2D eigenvalue weighted by molar-refractivity contribution is 0.292. The zero-order chi connectivity index (χ0) is 13.0. The normalized spacial score (nSPS) is 18.9. The molecule has 1 N–H and O–H groups in total. The van der Waals surface area contributed by atoms with Gasteiger partial charge in [0.1, 0.15) is 5.82 Å². The molecule has 1 fully saturated rings. The van der Waals surface area contributed by atoms with E-state index in [4.69, 9.17) is 0 Å². The Kier molecular flexibility index (Phi) is 4.23. The summed E-state index contributed by atoms with van der Waals surface area (Å²) in [5.74, 6) is 1.14. The van der Waals surface area contributed by atoms with Crippen molar-refractivity contribution in [1.29, 1.82) is 0 Å². The van der Waals surface area contributed by atoms with Gasteiger partial charge in [-0.1, -0.05) is 20.8 Å². The molecule has 0 saturated carbocycles. The number of hydrogen-bond donors (Lipinski definition) is 1. The van der Waals surface area contributed by atoms with Crippen molar-refractivity contribution in [2.75, 3.05) is 24.5 Å². The quantitative estimate of drug-likeness (QED) is 0.887. The monoisotopic (exact) mass is 247 g/mol. The smallest absolute Gasteiger partial charge is 0.128 e. The van der Waals surface area contributed by atoms with Crippen LogP contribution in [0.25, 0.3) is 0 Å². The lowest BCUT2D eigenvalue weighted by Crippen LogP contribution is -2.40. The third kappa shape index (κ3) is 3.45. The molecular formula is C15H25N3. The van der Waals surface area contributed by atoms with Crippen LogP contribution in [0.5, 0.6) is 0 Å². The molecule has 1 aliphatic rings. The van der Waals surface area contributed by atoms with Gasteiger partial charge in [0.15, 0.2) is 0 Å². The van der Waals surface area contributed by atoms with Crippen LogP contribution in [-0.4, -0.2) is 24.6 Å². The van der Waals surface area contributed by atoms with E-state index in [1.807, 2.05) is 6.20 Å². The SMILES string of the molecule is CCNCc1ccnc(N2CCCC(C)(C)C2)c1. The Bertz CT molecular complexity index is 387. The molecular weight excluding hydrogens is 222 g/mol. The number of piperidine rings is 1. The van der Waals surface area contributed by atoms with E-state index in [1.54, 1.807) is 0 Å². The maximum absolute atomic E-state index is 4.53. The molecule has 3 nitrogen and oxygen atoms in total. The highest BCUT2D eigenvalue weighted by molar-refractivity contribution is 5.41. The van der Waals surface area contributed by atoms with Crippen LogP contribution in [0.1, 0.15) is 39.2 Å². The highest BCUT2D eigenvalue weighted by Crippen LogP contribution is 2.30. The Balaban J connectivity index is 2.07. The molecule has 0 aromatic carbocycles. The van der Waals surface area contributed by atoms with E-state index in [0.717, 1.165) is 32.0 Å². The minimum atomic E-state index is 0.414. The average Bonchev–Trinajstić information content (AvgIpc) is 2.35. The van der Waals surface area contributed by atoms with Gasteiger partial charge in [-0.3, -0.25) is 0 Å². The van der Waals surface area contributed by atoms with E-state index in [2.05, 4.69) is 48.1 Å². The van der Waals surface area contributed by atoms with Crippen LogP contribution in [-0.2, 0) is 6.54 Å². The van der Waals surface area contributed by atoms with Crippen molar-refractivity contribution in [3.05, 3.63) is 23.9 Å². The fourth-order valence-electron chi connectivity index (χ4n) is 2.63. The second kappa shape index (κ2) is 5.70. The molecule has 1 aliphatic heterocycles. The number of nitrogens with one attached hydrogen (secondary N) is 1. The summed E-state index contributed by atoms with van der Waals surface area (Å²) in [6.07, 6.45) is 4.52. The van der Waals surface area contributed by atoms with Crippen LogP contribution in [0.4, 0.5) is 5.82 Å². The van der Waals surface area contributed by atoms with E-state index in [9.17, 15) is 0 Å². The molecule has 0 radical (unpaired) electrons. The maximum Gasteiger partial charge on any atom is 0.128 e. The third-order valence-corrected chi connectivity index (χ3v) is 3.61. The van der Waals surface area contributed by atoms with E-state index >= 15 is 0 Å². The molecule has 1 aromatic heterocycles. The molecule has 0 spiro atoms. The molecule has 0 atom stereocenters. The van der Waals surface area contributed by atoms with Gasteiger partial charge < -0.3 is 10.2 Å². The minimum absolute atomic E-state index is 0.414. The Morgan fingerprint density at radius 1 is 1.44 bits per heavy atom. The molecule has 3 heteroatoms. The number of nitrogens with zero attached hydrogens (tertiary/aromatic N) is 2. The first-order chi connectivity index (χ1) is 8.61. The summed E-state index contributed by atoms with van der Waals surface area (Å²) in [4.78, 5) is 6.96. The Labute approximate surface area is 111 Å². The highest BCUT2D eigenvalue weighted by atomic mass is 15.2. The second-order valence-electron chi connectivity index (χ2n) is 5.99. The average molecular weight is 247 g/mol. The number of pyridine rings is 1. The summed E-state index contributed by atoms with van der Waals surface area (Å²) in [6, 6.07) is 4.32. The number of rotatable bonds is 4. The highest BCUT2D eigenvalue weighted by Gasteiger charge is 2.26. The van der Waals surface area contributed by atoms with Gasteiger partial charge in [0.2, 0.25) is 0 Å². The van der Waals surface area contributed by atoms with E-state index in [-0.39, 0.29) is 0 Å². The molecule has 0 bridgehead atoms. The summed E-state index contributed by atoms with van der Waals surface area (Å²) >= 11 is 0. The van der Waals surface area contributed by atoms with Crippen molar-refractivity contribution in [2.24, 2.45) is 5.41 Å². The number of aromatic nitrogens is 1. The predicted molar refractivity (Wildman–Crippen MR) is 76.8 cm³/mol. The third-order valence-electron chi connectivity index (χ3n) is 3.61. The Morgan fingerprint density at radius 3 is 3.00 bits per heavy atom. The summed E-state index contributed by atoms with van der Waals surface area (Å²) in [7, 11) is 0. The van der Waals surface area contributed by atoms with Crippen molar-refractivity contribution in [3.63, 3.8) is 0 Å². The summed E-state index contributed by atoms with van der Waals surface area (Å²) in [6.45, 7) is 11.0. The number of hydrogen-bond acceptors (Lipinski definition) is 3. The second-order valence-corrected chi connectivity index (χ2v) is 5.99. The van der Waals surface area contributed by atoms with Gasteiger partial charge in [-0.25, -0.2) is 4.98 Å². The first-order valence-corrected chi connectivity index (χ1v) is 7.01. The summed E-state index contributed by atoms with van der Waals surface area (Å²) in [5, 5.41) is 3.36. The molecule has 100 valence electrons. The summed E-state index contributed by atoms with van der Waals surface area (Å²) < 4.78 is 0. The van der Waals surface area contributed by atoms with Gasteiger partial charge in [-0.2, -0.15) is 0 Å². The maximum atomic E-state index is 4.53. The van der Waals surface area contributed by atoms with Gasteiger partial charge in [0, 0.05) is 25.8 Å². The molecule has 1 aromatic rings. The van der Waals surface area contributed by atoms with Gasteiger partial charge >= 0.3 is 0 Å². The van der Waals surface area contributed by atoms with E-state index < -0.39 is 0 Å². The minimum Gasteiger partial charge on any atom is -0.356 e. The fourth-order valence-corrected chi connectivity index (χ4v) is 2.63. The van der Waals surface area contributed by atoms with Gasteiger partial charge in [0.25, 0.3) is 0 Å². The largest absolute Gasteiger partial charge is 0.356 e. The molecule has 0 aliphatic carbocycles.